The lowest BCUT2D eigenvalue weighted by atomic mass is 10.1. The van der Waals surface area contributed by atoms with Crippen LogP contribution in [0.1, 0.15) is 45.7 Å². The summed E-state index contributed by atoms with van der Waals surface area (Å²) < 4.78 is 40.0. The van der Waals surface area contributed by atoms with Gasteiger partial charge in [0, 0.05) is 15.2 Å². The first kappa shape index (κ1) is 30.0. The summed E-state index contributed by atoms with van der Waals surface area (Å²) in [6.07, 6.45) is -6.07. The van der Waals surface area contributed by atoms with Crippen LogP contribution in [0.3, 0.4) is 0 Å². The molecule has 0 radical (unpaired) electrons. The van der Waals surface area contributed by atoms with E-state index in [0.29, 0.717) is 15.6 Å². The Hall–Kier alpha value is -2.06. The predicted molar refractivity (Wildman–Crippen MR) is 135 cm³/mol. The molecule has 0 spiro atoms. The zero-order chi connectivity index (χ0) is 26.4. The van der Waals surface area contributed by atoms with Crippen LogP contribution in [0.15, 0.2) is 46.9 Å². The van der Waals surface area contributed by atoms with E-state index in [1.54, 1.807) is 32.9 Å². The molecule has 4 nitrogen and oxygen atoms in total. The van der Waals surface area contributed by atoms with Crippen molar-refractivity contribution in [2.24, 2.45) is 5.92 Å². The third kappa shape index (κ3) is 7.47. The number of rotatable bonds is 2. The van der Waals surface area contributed by atoms with Crippen LogP contribution in [0.5, 0.6) is 0 Å². The molecular weight excluding hydrogens is 533 g/mol. The van der Waals surface area contributed by atoms with Gasteiger partial charge in [0.1, 0.15) is 12.2 Å². The van der Waals surface area contributed by atoms with Crippen LogP contribution < -0.4 is 4.90 Å². The van der Waals surface area contributed by atoms with Gasteiger partial charge in [-0.05, 0) is 62.6 Å². The number of amides is 2. The number of benzene rings is 2. The minimum absolute atomic E-state index is 0.369. The van der Waals surface area contributed by atoms with Crippen molar-refractivity contribution in [2.75, 3.05) is 4.90 Å². The lowest BCUT2D eigenvalue weighted by molar-refractivity contribution is -0.189. The number of hydrogen-bond donors (Lipinski definition) is 0. The monoisotopic (exact) mass is 562 g/mol. The average Bonchev–Trinajstić information content (AvgIpc) is 3.01. The third-order valence-corrected chi connectivity index (χ3v) is 5.70. The van der Waals surface area contributed by atoms with Crippen LogP contribution in [-0.2, 0) is 9.59 Å². The van der Waals surface area contributed by atoms with E-state index >= 15 is 0 Å². The van der Waals surface area contributed by atoms with Crippen molar-refractivity contribution >= 4 is 45.0 Å². The van der Waals surface area contributed by atoms with Crippen LogP contribution in [0.4, 0.5) is 18.9 Å². The molecule has 1 heterocycles. The molecule has 0 saturated carbocycles. The number of hydrogen-bond acceptors (Lipinski definition) is 2. The Kier molecular flexibility index (Phi) is 11.1. The molecule has 0 aliphatic carbocycles. The van der Waals surface area contributed by atoms with E-state index in [1.165, 1.54) is 23.5 Å². The van der Waals surface area contributed by atoms with E-state index in [2.05, 4.69) is 35.0 Å². The number of aryl methyl sites for hydroxylation is 2. The Bertz CT molecular complexity index is 940. The van der Waals surface area contributed by atoms with Crippen LogP contribution in [0.2, 0.25) is 5.02 Å². The highest BCUT2D eigenvalue weighted by Gasteiger charge is 2.55. The fraction of sp³-hybridized carbons (Fsp3) is 0.440. The van der Waals surface area contributed by atoms with Gasteiger partial charge in [-0.2, -0.15) is 13.2 Å². The Morgan fingerprint density at radius 2 is 1.56 bits per heavy atom. The molecule has 188 valence electrons. The maximum absolute atomic E-state index is 13.0. The van der Waals surface area contributed by atoms with Gasteiger partial charge in [0.2, 0.25) is 0 Å². The molecule has 3 rings (SSSR count). The van der Waals surface area contributed by atoms with Gasteiger partial charge in [0.15, 0.2) is 0 Å². The number of anilines is 1. The van der Waals surface area contributed by atoms with Crippen molar-refractivity contribution in [1.82, 2.24) is 4.90 Å². The molecule has 1 fully saturated rings. The van der Waals surface area contributed by atoms with Crippen LogP contribution in [0, 0.1) is 19.8 Å². The van der Waals surface area contributed by atoms with E-state index in [1.807, 2.05) is 26.0 Å². The summed E-state index contributed by atoms with van der Waals surface area (Å²) >= 11 is 9.36. The van der Waals surface area contributed by atoms with Gasteiger partial charge in [-0.1, -0.05) is 72.9 Å². The number of carbonyl (C=O) groups excluding carboxylic acids is 2. The minimum Gasteiger partial charge on any atom is -0.302 e. The summed E-state index contributed by atoms with van der Waals surface area (Å²) in [6, 6.07) is 11.9. The second-order valence-corrected chi connectivity index (χ2v) is 9.39. The summed E-state index contributed by atoms with van der Waals surface area (Å²) in [5.74, 6) is -2.97. The lowest BCUT2D eigenvalue weighted by Crippen LogP contribution is -2.51. The van der Waals surface area contributed by atoms with Gasteiger partial charge < -0.3 is 4.90 Å². The molecule has 1 aliphatic heterocycles. The summed E-state index contributed by atoms with van der Waals surface area (Å²) in [4.78, 5) is 26.3. The fourth-order valence-electron chi connectivity index (χ4n) is 3.54. The highest BCUT2D eigenvalue weighted by Crippen LogP contribution is 2.36. The number of halogens is 5. The molecular formula is C25H31BrClF3N2O2. The van der Waals surface area contributed by atoms with E-state index in [9.17, 15) is 22.8 Å². The molecule has 1 saturated heterocycles. The standard InChI is InChI=1S/C16H18ClF3N2O2.C7H7Br.C2H6/c1-8(2)13-21(15(24)16(18,19)20)10(4)14(23)22(13)12-6-9(3)5-11(17)7-12;1-6-2-4-7(8)5-3-6;1-2/h5-8,10,13H,1-4H3;2-5H,1H3;1-2H3. The maximum Gasteiger partial charge on any atom is 0.471 e. The summed E-state index contributed by atoms with van der Waals surface area (Å²) in [5, 5.41) is 0.369. The first-order valence-electron chi connectivity index (χ1n) is 11.0. The average molecular weight is 564 g/mol. The van der Waals surface area contributed by atoms with Crippen molar-refractivity contribution in [3.63, 3.8) is 0 Å². The normalized spacial score (nSPS) is 17.7. The van der Waals surface area contributed by atoms with Crippen LogP contribution in [-0.4, -0.2) is 35.1 Å². The lowest BCUT2D eigenvalue weighted by Gasteiger charge is -2.34. The second kappa shape index (κ2) is 12.6. The van der Waals surface area contributed by atoms with Gasteiger partial charge in [0.05, 0.1) is 0 Å². The molecule has 0 bridgehead atoms. The van der Waals surface area contributed by atoms with Crippen molar-refractivity contribution in [3.05, 3.63) is 63.1 Å². The molecule has 0 N–H and O–H groups in total. The highest BCUT2D eigenvalue weighted by molar-refractivity contribution is 9.10. The van der Waals surface area contributed by atoms with E-state index in [-0.39, 0.29) is 0 Å². The molecule has 2 amide bonds. The van der Waals surface area contributed by atoms with Crippen molar-refractivity contribution in [3.8, 4) is 0 Å². The maximum atomic E-state index is 13.0. The largest absolute Gasteiger partial charge is 0.471 e. The molecule has 0 aromatic heterocycles. The zero-order valence-electron chi connectivity index (χ0n) is 20.4. The van der Waals surface area contributed by atoms with E-state index in [0.717, 1.165) is 10.0 Å². The van der Waals surface area contributed by atoms with Gasteiger partial charge in [-0.25, -0.2) is 0 Å². The Labute approximate surface area is 213 Å². The molecule has 1 aliphatic rings. The van der Waals surface area contributed by atoms with Crippen LogP contribution >= 0.6 is 27.5 Å². The first-order valence-corrected chi connectivity index (χ1v) is 12.1. The molecule has 2 unspecified atom stereocenters. The highest BCUT2D eigenvalue weighted by atomic mass is 79.9. The van der Waals surface area contributed by atoms with E-state index < -0.39 is 36.1 Å². The van der Waals surface area contributed by atoms with Gasteiger partial charge >= 0.3 is 12.1 Å². The topological polar surface area (TPSA) is 40.6 Å². The summed E-state index contributed by atoms with van der Waals surface area (Å²) in [6.45, 7) is 12.5. The molecule has 2 aromatic carbocycles. The van der Waals surface area contributed by atoms with Crippen molar-refractivity contribution in [2.45, 2.75) is 66.9 Å². The Morgan fingerprint density at radius 1 is 1.03 bits per heavy atom. The second-order valence-electron chi connectivity index (χ2n) is 8.03. The third-order valence-electron chi connectivity index (χ3n) is 4.95. The fourth-order valence-corrected chi connectivity index (χ4v) is 4.08. The molecule has 9 heteroatoms. The quantitative estimate of drug-likeness (QED) is 0.379. The van der Waals surface area contributed by atoms with Gasteiger partial charge in [-0.3, -0.25) is 14.5 Å². The number of nitrogens with zero attached hydrogens (tertiary/aromatic N) is 2. The predicted octanol–water partition coefficient (Wildman–Crippen LogP) is 7.54. The SMILES string of the molecule is CC.Cc1cc(Cl)cc(N2C(=O)C(C)N(C(=O)C(F)(F)F)C2C(C)C)c1.Cc1ccc(Br)cc1. The van der Waals surface area contributed by atoms with Gasteiger partial charge in [-0.15, -0.1) is 0 Å². The Morgan fingerprint density at radius 3 is 1.97 bits per heavy atom. The van der Waals surface area contributed by atoms with Crippen molar-refractivity contribution in [1.29, 1.82) is 0 Å². The smallest absolute Gasteiger partial charge is 0.302 e. The molecule has 2 aromatic rings. The zero-order valence-corrected chi connectivity index (χ0v) is 22.7. The minimum atomic E-state index is -5.04. The number of alkyl halides is 3. The summed E-state index contributed by atoms with van der Waals surface area (Å²) in [5.41, 5.74) is 2.45. The molecule has 34 heavy (non-hydrogen) atoms. The molecule has 2 atom stereocenters. The van der Waals surface area contributed by atoms with Crippen molar-refractivity contribution < 1.29 is 22.8 Å². The van der Waals surface area contributed by atoms with Crippen LogP contribution in [0.25, 0.3) is 0 Å². The number of carbonyl (C=O) groups is 2. The Balaban J connectivity index is 0.000000483. The van der Waals surface area contributed by atoms with E-state index in [4.69, 9.17) is 11.6 Å². The first-order chi connectivity index (χ1) is 15.7. The summed E-state index contributed by atoms with van der Waals surface area (Å²) in [7, 11) is 0. The van der Waals surface area contributed by atoms with Gasteiger partial charge in [0.25, 0.3) is 5.91 Å².